The molecule has 0 spiro atoms. The predicted octanol–water partition coefficient (Wildman–Crippen LogP) is 4.24. The highest BCUT2D eigenvalue weighted by molar-refractivity contribution is 6.08. The van der Waals surface area contributed by atoms with Gasteiger partial charge in [-0.25, -0.2) is 0 Å². The number of hydrogen-bond acceptors (Lipinski definition) is 5. The molecular weight excluding hydrogens is 432 g/mol. The Balaban J connectivity index is 1.87. The van der Waals surface area contributed by atoms with Gasteiger partial charge >= 0.3 is 5.97 Å². The maximum absolute atomic E-state index is 13.3. The molecule has 1 fully saturated rings. The Morgan fingerprint density at radius 1 is 1.03 bits per heavy atom. The molecule has 1 aliphatic rings. The van der Waals surface area contributed by atoms with E-state index < -0.39 is 12.1 Å². The van der Waals surface area contributed by atoms with E-state index in [4.69, 9.17) is 9.47 Å². The Hall–Kier alpha value is -3.87. The lowest BCUT2D eigenvalue weighted by Gasteiger charge is -2.48. The van der Waals surface area contributed by atoms with E-state index in [0.29, 0.717) is 29.8 Å². The van der Waals surface area contributed by atoms with Gasteiger partial charge in [0.05, 0.1) is 18.8 Å². The maximum Gasteiger partial charge on any atom is 0.306 e. The fourth-order valence-electron chi connectivity index (χ4n) is 3.84. The lowest BCUT2D eigenvalue weighted by Crippen LogP contribution is -2.66. The number of rotatable bonds is 12. The standard InChI is InChI=1S/C27H30N2O5/c1-4-6-12-23(30)28-25-26(19-14-16-21(33-3)17-15-19)29(27(25)32)22-11-9-8-10-20(22)18-34-24(31)13-7-5-2/h4-5,8-11,14-17,25-26H,1-2,6-7,12-13,18H2,3H3,(H,28,30)/t25-,26-/m0/s1. The average Bonchev–Trinajstić information content (AvgIpc) is 2.87. The van der Waals surface area contributed by atoms with Crippen molar-refractivity contribution in [2.45, 2.75) is 44.4 Å². The Labute approximate surface area is 200 Å². The number of nitrogens with zero attached hydrogens (tertiary/aromatic N) is 1. The number of β-lactam (4-membered cyclic amide) rings is 1. The summed E-state index contributed by atoms with van der Waals surface area (Å²) in [7, 11) is 1.59. The Bertz CT molecular complexity index is 1050. The van der Waals surface area contributed by atoms with E-state index in [-0.39, 0.29) is 37.2 Å². The lowest BCUT2D eigenvalue weighted by molar-refractivity contribution is -0.144. The van der Waals surface area contributed by atoms with Gasteiger partial charge in [0.25, 0.3) is 5.91 Å². The molecule has 2 amide bonds. The average molecular weight is 463 g/mol. The number of carbonyl (C=O) groups excluding carboxylic acids is 3. The molecular formula is C27H30N2O5. The molecule has 0 unspecified atom stereocenters. The van der Waals surface area contributed by atoms with Gasteiger partial charge in [-0.15, -0.1) is 13.2 Å². The predicted molar refractivity (Wildman–Crippen MR) is 130 cm³/mol. The molecule has 7 heteroatoms. The number of methoxy groups -OCH3 is 1. The smallest absolute Gasteiger partial charge is 0.306 e. The molecule has 178 valence electrons. The van der Waals surface area contributed by atoms with Crippen molar-refractivity contribution in [2.24, 2.45) is 0 Å². The van der Waals surface area contributed by atoms with Gasteiger partial charge in [-0.3, -0.25) is 14.4 Å². The zero-order chi connectivity index (χ0) is 24.5. The van der Waals surface area contributed by atoms with Crippen molar-refractivity contribution >= 4 is 23.5 Å². The highest BCUT2D eigenvalue weighted by Crippen LogP contribution is 2.41. The second-order valence-electron chi connectivity index (χ2n) is 7.92. The van der Waals surface area contributed by atoms with Gasteiger partial charge in [0.2, 0.25) is 5.91 Å². The number of esters is 1. The van der Waals surface area contributed by atoms with Crippen LogP contribution in [-0.2, 0) is 25.7 Å². The van der Waals surface area contributed by atoms with Crippen molar-refractivity contribution in [3.05, 3.63) is 85.0 Å². The number of allylic oxidation sites excluding steroid dienone is 2. The summed E-state index contributed by atoms with van der Waals surface area (Å²) in [5.74, 6) is -0.0675. The van der Waals surface area contributed by atoms with Crippen LogP contribution in [-0.4, -0.2) is 30.9 Å². The molecule has 1 heterocycles. The van der Waals surface area contributed by atoms with Gasteiger partial charge in [0, 0.05) is 18.4 Å². The van der Waals surface area contributed by atoms with E-state index in [1.54, 1.807) is 24.2 Å². The monoisotopic (exact) mass is 462 g/mol. The van der Waals surface area contributed by atoms with Gasteiger partial charge in [0.1, 0.15) is 18.4 Å². The van der Waals surface area contributed by atoms with Gasteiger partial charge in [-0.2, -0.15) is 0 Å². The Morgan fingerprint density at radius 3 is 2.38 bits per heavy atom. The molecule has 1 aliphatic heterocycles. The first kappa shape index (κ1) is 24.8. The number of amides is 2. The van der Waals surface area contributed by atoms with Crippen molar-refractivity contribution in [1.29, 1.82) is 0 Å². The van der Waals surface area contributed by atoms with Crippen LogP contribution in [0.1, 0.15) is 42.9 Å². The Morgan fingerprint density at radius 2 is 1.71 bits per heavy atom. The second kappa shape index (κ2) is 11.8. The van der Waals surface area contributed by atoms with Crippen molar-refractivity contribution in [3.8, 4) is 5.75 Å². The summed E-state index contributed by atoms with van der Waals surface area (Å²) in [6.07, 6.45) is 4.92. The second-order valence-corrected chi connectivity index (χ2v) is 7.92. The molecule has 1 saturated heterocycles. The molecule has 34 heavy (non-hydrogen) atoms. The van der Waals surface area contributed by atoms with Gasteiger partial charge in [0.15, 0.2) is 0 Å². The maximum atomic E-state index is 13.3. The third-order valence-corrected chi connectivity index (χ3v) is 5.64. The van der Waals surface area contributed by atoms with Crippen LogP contribution in [0.15, 0.2) is 73.8 Å². The van der Waals surface area contributed by atoms with Crippen LogP contribution in [0.5, 0.6) is 5.75 Å². The number of anilines is 1. The minimum Gasteiger partial charge on any atom is -0.497 e. The van der Waals surface area contributed by atoms with Gasteiger partial charge < -0.3 is 19.7 Å². The van der Waals surface area contributed by atoms with Gasteiger partial charge in [-0.1, -0.05) is 42.5 Å². The van der Waals surface area contributed by atoms with Crippen molar-refractivity contribution in [2.75, 3.05) is 12.0 Å². The van der Waals surface area contributed by atoms with Gasteiger partial charge in [-0.05, 0) is 36.6 Å². The number of para-hydroxylation sites is 1. The molecule has 2 aromatic rings. The van der Waals surface area contributed by atoms with Crippen LogP contribution in [0, 0.1) is 0 Å². The third-order valence-electron chi connectivity index (χ3n) is 5.64. The fraction of sp³-hybridized carbons (Fsp3) is 0.296. The van der Waals surface area contributed by atoms with Crippen molar-refractivity contribution < 1.29 is 23.9 Å². The third kappa shape index (κ3) is 5.73. The SMILES string of the molecule is C=CCCC(=O)N[C@@H]1C(=O)N(c2ccccc2COC(=O)CCC=C)[C@H]1c1ccc(OC)cc1. The molecule has 0 saturated carbocycles. The summed E-state index contributed by atoms with van der Waals surface area (Å²) >= 11 is 0. The zero-order valence-electron chi connectivity index (χ0n) is 19.4. The zero-order valence-corrected chi connectivity index (χ0v) is 19.4. The number of nitrogens with one attached hydrogen (secondary N) is 1. The molecule has 7 nitrogen and oxygen atoms in total. The Kier molecular flexibility index (Phi) is 8.62. The first-order chi connectivity index (χ1) is 16.5. The van der Waals surface area contributed by atoms with Crippen molar-refractivity contribution in [1.82, 2.24) is 5.32 Å². The summed E-state index contributed by atoms with van der Waals surface area (Å²) in [6, 6.07) is 13.6. The molecule has 2 atom stereocenters. The van der Waals surface area contributed by atoms with Crippen LogP contribution in [0.3, 0.4) is 0 Å². The van der Waals surface area contributed by atoms with Crippen molar-refractivity contribution in [3.63, 3.8) is 0 Å². The van der Waals surface area contributed by atoms with E-state index in [0.717, 1.165) is 5.56 Å². The molecule has 0 aliphatic carbocycles. The summed E-state index contributed by atoms with van der Waals surface area (Å²) < 4.78 is 10.7. The molecule has 0 aromatic heterocycles. The minimum absolute atomic E-state index is 0.0433. The van der Waals surface area contributed by atoms with E-state index >= 15 is 0 Å². The summed E-state index contributed by atoms with van der Waals surface area (Å²) in [5.41, 5.74) is 2.20. The highest BCUT2D eigenvalue weighted by Gasteiger charge is 2.50. The van der Waals surface area contributed by atoms with Crippen LogP contribution in [0.2, 0.25) is 0 Å². The first-order valence-electron chi connectivity index (χ1n) is 11.2. The van der Waals surface area contributed by atoms with E-state index in [1.165, 1.54) is 0 Å². The molecule has 1 N–H and O–H groups in total. The highest BCUT2D eigenvalue weighted by atomic mass is 16.5. The quantitative estimate of drug-likeness (QED) is 0.290. The topological polar surface area (TPSA) is 84.9 Å². The summed E-state index contributed by atoms with van der Waals surface area (Å²) in [6.45, 7) is 7.30. The summed E-state index contributed by atoms with van der Waals surface area (Å²) in [4.78, 5) is 39.3. The molecule has 3 rings (SSSR count). The molecule has 2 aromatic carbocycles. The summed E-state index contributed by atoms with van der Waals surface area (Å²) in [5, 5.41) is 2.87. The number of carbonyl (C=O) groups is 3. The van der Waals surface area contributed by atoms with E-state index in [2.05, 4.69) is 18.5 Å². The van der Waals surface area contributed by atoms with E-state index in [9.17, 15) is 14.4 Å². The van der Waals surface area contributed by atoms with Crippen LogP contribution >= 0.6 is 0 Å². The van der Waals surface area contributed by atoms with Crippen LogP contribution in [0.4, 0.5) is 5.69 Å². The van der Waals surface area contributed by atoms with Crippen LogP contribution in [0.25, 0.3) is 0 Å². The lowest BCUT2D eigenvalue weighted by atomic mass is 9.86. The van der Waals surface area contributed by atoms with Crippen LogP contribution < -0.4 is 15.0 Å². The largest absolute Gasteiger partial charge is 0.497 e. The molecule has 0 radical (unpaired) electrons. The number of benzene rings is 2. The number of ether oxygens (including phenoxy) is 2. The number of hydrogen-bond donors (Lipinski definition) is 1. The fourth-order valence-corrected chi connectivity index (χ4v) is 3.84. The minimum atomic E-state index is -0.700. The van der Waals surface area contributed by atoms with E-state index in [1.807, 2.05) is 48.5 Å². The normalized spacial score (nSPS) is 16.9. The first-order valence-corrected chi connectivity index (χ1v) is 11.2. The molecule has 0 bridgehead atoms.